The maximum Gasteiger partial charge on any atom is 0.254 e. The van der Waals surface area contributed by atoms with Crippen molar-refractivity contribution in [2.24, 2.45) is 0 Å². The van der Waals surface area contributed by atoms with E-state index < -0.39 is 15.2 Å². The maximum absolute atomic E-state index is 12.6. The third-order valence-corrected chi connectivity index (χ3v) is 7.11. The van der Waals surface area contributed by atoms with E-state index in [1.165, 1.54) is 4.90 Å². The lowest BCUT2D eigenvalue weighted by Crippen LogP contribution is -2.50. The summed E-state index contributed by atoms with van der Waals surface area (Å²) in [5.74, 6) is 1.43. The zero-order chi connectivity index (χ0) is 15.5. The molecule has 1 aromatic rings. The van der Waals surface area contributed by atoms with Gasteiger partial charge in [0.1, 0.15) is 5.37 Å². The van der Waals surface area contributed by atoms with E-state index >= 15 is 0 Å². The second kappa shape index (κ2) is 7.03. The summed E-state index contributed by atoms with van der Waals surface area (Å²) in [6.45, 7) is 2.08. The van der Waals surface area contributed by atoms with Crippen LogP contribution in [0.4, 0.5) is 0 Å². The van der Waals surface area contributed by atoms with Crippen molar-refractivity contribution < 1.29 is 13.2 Å². The molecule has 1 saturated heterocycles. The molecular formula is C14H18ClNO3S2. The molecule has 0 N–H and O–H groups in total. The quantitative estimate of drug-likeness (QED) is 0.785. The van der Waals surface area contributed by atoms with E-state index in [1.807, 2.05) is 0 Å². The highest BCUT2D eigenvalue weighted by molar-refractivity contribution is 8.01. The molecule has 0 saturated carbocycles. The third kappa shape index (κ3) is 3.73. The molecule has 1 amide bonds. The van der Waals surface area contributed by atoms with Gasteiger partial charge in [-0.15, -0.1) is 11.6 Å². The molecule has 0 spiro atoms. The number of alkyl halides is 1. The highest BCUT2D eigenvalue weighted by Crippen LogP contribution is 2.23. The Hall–Kier alpha value is -0.720. The van der Waals surface area contributed by atoms with Crippen molar-refractivity contribution in [2.75, 3.05) is 23.8 Å². The Balaban J connectivity index is 2.26. The van der Waals surface area contributed by atoms with Crippen LogP contribution in [0.5, 0.6) is 0 Å². The number of rotatable bonds is 4. The monoisotopic (exact) mass is 347 g/mol. The Morgan fingerprint density at radius 3 is 2.62 bits per heavy atom. The highest BCUT2D eigenvalue weighted by atomic mass is 35.5. The van der Waals surface area contributed by atoms with Crippen LogP contribution < -0.4 is 0 Å². The van der Waals surface area contributed by atoms with E-state index in [2.05, 4.69) is 0 Å². The van der Waals surface area contributed by atoms with E-state index in [0.29, 0.717) is 23.7 Å². The van der Waals surface area contributed by atoms with Gasteiger partial charge in [-0.1, -0.05) is 19.1 Å². The maximum atomic E-state index is 12.6. The molecule has 1 unspecified atom stereocenters. The van der Waals surface area contributed by atoms with Crippen LogP contribution >= 0.6 is 23.4 Å². The molecule has 1 aromatic carbocycles. The fourth-order valence-electron chi connectivity index (χ4n) is 2.21. The molecule has 21 heavy (non-hydrogen) atoms. The van der Waals surface area contributed by atoms with Gasteiger partial charge in [0.05, 0.1) is 0 Å². The first-order valence-electron chi connectivity index (χ1n) is 6.74. The van der Waals surface area contributed by atoms with Crippen molar-refractivity contribution in [1.29, 1.82) is 0 Å². The number of carbonyl (C=O) groups excluding carboxylic acids is 1. The molecule has 7 heteroatoms. The summed E-state index contributed by atoms with van der Waals surface area (Å²) in [6.07, 6.45) is 0. The molecule has 1 aliphatic rings. The molecule has 0 radical (unpaired) electrons. The average molecular weight is 348 g/mol. The van der Waals surface area contributed by atoms with Crippen molar-refractivity contribution in [3.05, 3.63) is 35.4 Å². The van der Waals surface area contributed by atoms with Gasteiger partial charge in [0.25, 0.3) is 5.91 Å². The molecule has 0 bridgehead atoms. The molecule has 116 valence electrons. The number of hydrogen-bond donors (Lipinski definition) is 0. The van der Waals surface area contributed by atoms with Gasteiger partial charge in [0, 0.05) is 35.2 Å². The molecule has 1 heterocycles. The van der Waals surface area contributed by atoms with Gasteiger partial charge in [-0.2, -0.15) is 11.8 Å². The molecule has 1 aliphatic heterocycles. The Kier molecular flexibility index (Phi) is 5.57. The first kappa shape index (κ1) is 16.6. The summed E-state index contributed by atoms with van der Waals surface area (Å²) in [5, 5.41) is -0.721. The normalized spacial score (nSPS) is 19.5. The van der Waals surface area contributed by atoms with Gasteiger partial charge in [-0.3, -0.25) is 4.79 Å². The number of sulfone groups is 1. The minimum atomic E-state index is -3.27. The van der Waals surface area contributed by atoms with E-state index in [4.69, 9.17) is 11.6 Å². The lowest BCUT2D eigenvalue weighted by atomic mass is 10.1. The lowest BCUT2D eigenvalue weighted by Gasteiger charge is -2.34. The molecule has 1 atom stereocenters. The van der Waals surface area contributed by atoms with Gasteiger partial charge in [-0.25, -0.2) is 8.42 Å². The number of halogens is 1. The van der Waals surface area contributed by atoms with Crippen molar-refractivity contribution in [3.63, 3.8) is 0 Å². The van der Waals surface area contributed by atoms with Gasteiger partial charge in [-0.05, 0) is 17.7 Å². The average Bonchev–Trinajstić information content (AvgIpc) is 2.54. The lowest BCUT2D eigenvalue weighted by molar-refractivity contribution is 0.0749. The van der Waals surface area contributed by atoms with E-state index in [1.54, 1.807) is 43.0 Å². The van der Waals surface area contributed by atoms with E-state index in [9.17, 15) is 13.2 Å². The summed E-state index contributed by atoms with van der Waals surface area (Å²) in [7, 11) is -3.27. The van der Waals surface area contributed by atoms with Crippen LogP contribution in [-0.2, 0) is 15.7 Å². The fourth-order valence-corrected chi connectivity index (χ4v) is 5.35. The minimum absolute atomic E-state index is 0.0488. The minimum Gasteiger partial charge on any atom is -0.320 e. The zero-order valence-corrected chi connectivity index (χ0v) is 14.2. The molecule has 4 nitrogen and oxygen atoms in total. The van der Waals surface area contributed by atoms with Crippen LogP contribution in [0.3, 0.4) is 0 Å². The summed E-state index contributed by atoms with van der Waals surface area (Å²) in [5.41, 5.74) is 1.44. The predicted molar refractivity (Wildman–Crippen MR) is 87.6 cm³/mol. The van der Waals surface area contributed by atoms with Crippen LogP contribution in [0.2, 0.25) is 0 Å². The Morgan fingerprint density at radius 1 is 1.38 bits per heavy atom. The first-order chi connectivity index (χ1) is 9.99. The van der Waals surface area contributed by atoms with Crippen molar-refractivity contribution in [2.45, 2.75) is 18.2 Å². The van der Waals surface area contributed by atoms with Crippen LogP contribution in [0.1, 0.15) is 22.8 Å². The number of thioether (sulfide) groups is 1. The zero-order valence-electron chi connectivity index (χ0n) is 11.8. The largest absolute Gasteiger partial charge is 0.320 e. The van der Waals surface area contributed by atoms with Gasteiger partial charge < -0.3 is 4.90 Å². The van der Waals surface area contributed by atoms with Gasteiger partial charge in [0.2, 0.25) is 0 Å². The Morgan fingerprint density at radius 2 is 2.05 bits per heavy atom. The Bertz CT molecular complexity index is 601. The number of benzene rings is 1. The highest BCUT2D eigenvalue weighted by Gasteiger charge is 2.36. The second-order valence-corrected chi connectivity index (χ2v) is 8.67. The summed E-state index contributed by atoms with van der Waals surface area (Å²) in [4.78, 5) is 14.1. The number of nitrogens with zero attached hydrogens (tertiary/aromatic N) is 1. The van der Waals surface area contributed by atoms with E-state index in [0.717, 1.165) is 11.3 Å². The molecule has 1 fully saturated rings. The van der Waals surface area contributed by atoms with Crippen LogP contribution in [-0.4, -0.2) is 48.4 Å². The molecule has 2 rings (SSSR count). The summed E-state index contributed by atoms with van der Waals surface area (Å²) < 4.78 is 24.4. The Labute approximate surface area is 134 Å². The number of hydrogen-bond acceptors (Lipinski definition) is 4. The molecular weight excluding hydrogens is 330 g/mol. The molecule has 0 aromatic heterocycles. The van der Waals surface area contributed by atoms with Gasteiger partial charge in [0.15, 0.2) is 9.84 Å². The smallest absolute Gasteiger partial charge is 0.254 e. The van der Waals surface area contributed by atoms with Crippen molar-refractivity contribution in [1.82, 2.24) is 4.90 Å². The SMILES string of the molecule is CCS(=O)(=O)C1CSCCN1C(=O)c1ccc(CCl)cc1. The first-order valence-corrected chi connectivity index (χ1v) is 10.1. The number of carbonyl (C=O) groups is 1. The van der Waals surface area contributed by atoms with Crippen molar-refractivity contribution in [3.8, 4) is 0 Å². The van der Waals surface area contributed by atoms with Crippen LogP contribution in [0, 0.1) is 0 Å². The fraction of sp³-hybridized carbons (Fsp3) is 0.500. The van der Waals surface area contributed by atoms with Crippen LogP contribution in [0.15, 0.2) is 24.3 Å². The summed E-state index contributed by atoms with van der Waals surface area (Å²) in [6, 6.07) is 7.00. The standard InChI is InChI=1S/C14H18ClNO3S2/c1-2-21(18,19)13-10-20-8-7-16(13)14(17)12-5-3-11(9-15)4-6-12/h3-6,13H,2,7-10H2,1H3. The van der Waals surface area contributed by atoms with Gasteiger partial charge >= 0.3 is 0 Å². The summed E-state index contributed by atoms with van der Waals surface area (Å²) >= 11 is 7.31. The van der Waals surface area contributed by atoms with Crippen LogP contribution in [0.25, 0.3) is 0 Å². The topological polar surface area (TPSA) is 54.5 Å². The van der Waals surface area contributed by atoms with Crippen molar-refractivity contribution >= 4 is 39.1 Å². The number of amides is 1. The van der Waals surface area contributed by atoms with E-state index in [-0.39, 0.29) is 11.7 Å². The predicted octanol–water partition coefficient (Wildman–Crippen LogP) is 2.38. The third-order valence-electron chi connectivity index (χ3n) is 3.52. The molecule has 0 aliphatic carbocycles. The second-order valence-electron chi connectivity index (χ2n) is 4.81.